The lowest BCUT2D eigenvalue weighted by Crippen LogP contribution is -2.16. The monoisotopic (exact) mass is 545 g/mol. The van der Waals surface area contributed by atoms with Gasteiger partial charge in [0.1, 0.15) is 5.82 Å². The maximum absolute atomic E-state index is 13.5. The quantitative estimate of drug-likeness (QED) is 0.239. The number of rotatable bonds is 6. The number of nitrogens with one attached hydrogen (secondary N) is 2. The van der Waals surface area contributed by atoms with Gasteiger partial charge >= 0.3 is 0 Å². The number of carbonyl (C=O) groups is 1. The van der Waals surface area contributed by atoms with Crippen LogP contribution in [0, 0.1) is 12.7 Å². The lowest BCUT2D eigenvalue weighted by Gasteiger charge is -2.14. The van der Waals surface area contributed by atoms with Crippen molar-refractivity contribution in [2.45, 2.75) is 11.8 Å². The Morgan fingerprint density at radius 2 is 1.66 bits per heavy atom. The van der Waals surface area contributed by atoms with Gasteiger partial charge in [0.2, 0.25) is 0 Å². The van der Waals surface area contributed by atoms with Crippen molar-refractivity contribution >= 4 is 49.8 Å². The van der Waals surface area contributed by atoms with Crippen LogP contribution in [-0.2, 0) is 10.0 Å². The third kappa shape index (κ3) is 5.37. The number of benzene rings is 4. The van der Waals surface area contributed by atoms with Crippen molar-refractivity contribution in [1.29, 1.82) is 0 Å². The number of nitrogens with zero attached hydrogens (tertiary/aromatic N) is 1. The summed E-state index contributed by atoms with van der Waals surface area (Å²) in [5.41, 5.74) is 3.44. The number of hydrogen-bond acceptors (Lipinski definition) is 4. The first-order valence-corrected chi connectivity index (χ1v) is 13.4. The number of halogens is 2. The molecule has 6 nitrogen and oxygen atoms in total. The average Bonchev–Trinajstić information content (AvgIpc) is 2.89. The summed E-state index contributed by atoms with van der Waals surface area (Å²) in [7, 11) is -3.95. The van der Waals surface area contributed by atoms with Crippen molar-refractivity contribution in [3.63, 3.8) is 0 Å². The molecule has 5 aromatic rings. The zero-order valence-electron chi connectivity index (χ0n) is 20.1. The van der Waals surface area contributed by atoms with E-state index in [0.29, 0.717) is 49.7 Å². The van der Waals surface area contributed by atoms with Gasteiger partial charge in [-0.15, -0.1) is 0 Å². The largest absolute Gasteiger partial charge is 0.322 e. The normalized spacial score (nSPS) is 11.3. The Morgan fingerprint density at radius 3 is 2.42 bits per heavy atom. The van der Waals surface area contributed by atoms with Crippen LogP contribution in [0.5, 0.6) is 0 Å². The predicted octanol–water partition coefficient (Wildman–Crippen LogP) is 7.06. The molecule has 4 aromatic carbocycles. The van der Waals surface area contributed by atoms with E-state index in [1.165, 1.54) is 30.3 Å². The smallest absolute Gasteiger partial charge is 0.261 e. The van der Waals surface area contributed by atoms with Crippen molar-refractivity contribution in [3.05, 3.63) is 119 Å². The molecule has 5 rings (SSSR count). The summed E-state index contributed by atoms with van der Waals surface area (Å²) in [6.45, 7) is 1.77. The number of aromatic nitrogens is 1. The first kappa shape index (κ1) is 25.4. The molecule has 1 amide bonds. The highest BCUT2D eigenvalue weighted by atomic mass is 35.5. The first-order chi connectivity index (χ1) is 18.2. The van der Waals surface area contributed by atoms with Gasteiger partial charge in [-0.2, -0.15) is 0 Å². The molecule has 2 N–H and O–H groups in total. The minimum atomic E-state index is -3.95. The molecule has 0 saturated heterocycles. The number of hydrogen-bond donors (Lipinski definition) is 2. The lowest BCUT2D eigenvalue weighted by atomic mass is 10.0. The van der Waals surface area contributed by atoms with Crippen molar-refractivity contribution in [1.82, 2.24) is 4.98 Å². The second kappa shape index (κ2) is 10.2. The van der Waals surface area contributed by atoms with Crippen LogP contribution >= 0.6 is 11.6 Å². The van der Waals surface area contributed by atoms with Gasteiger partial charge in [-0.25, -0.2) is 17.8 Å². The highest BCUT2D eigenvalue weighted by molar-refractivity contribution is 7.92. The molecular weight excluding hydrogens is 525 g/mol. The Bertz CT molecular complexity index is 1790. The second-order valence-electron chi connectivity index (χ2n) is 8.63. The van der Waals surface area contributed by atoms with Gasteiger partial charge in [0.15, 0.2) is 0 Å². The zero-order chi connectivity index (χ0) is 26.9. The molecule has 1 aromatic heterocycles. The van der Waals surface area contributed by atoms with Gasteiger partial charge in [0, 0.05) is 21.7 Å². The lowest BCUT2D eigenvalue weighted by molar-refractivity contribution is 0.102. The van der Waals surface area contributed by atoms with Crippen LogP contribution in [0.3, 0.4) is 0 Å². The topological polar surface area (TPSA) is 88.2 Å². The fourth-order valence-electron chi connectivity index (χ4n) is 3.99. The zero-order valence-corrected chi connectivity index (χ0v) is 21.6. The van der Waals surface area contributed by atoms with Gasteiger partial charge < -0.3 is 5.32 Å². The van der Waals surface area contributed by atoms with E-state index in [-0.39, 0.29) is 10.7 Å². The highest BCUT2D eigenvalue weighted by Crippen LogP contribution is 2.28. The summed E-state index contributed by atoms with van der Waals surface area (Å²) in [4.78, 5) is 18.1. The van der Waals surface area contributed by atoms with Crippen LogP contribution in [0.25, 0.3) is 22.2 Å². The number of sulfonamides is 1. The summed E-state index contributed by atoms with van der Waals surface area (Å²) >= 11 is 5.98. The predicted molar refractivity (Wildman–Crippen MR) is 149 cm³/mol. The Morgan fingerprint density at radius 1 is 0.895 bits per heavy atom. The fraction of sp³-hybridized carbons (Fsp3) is 0.0345. The molecule has 0 unspecified atom stereocenters. The molecule has 0 spiro atoms. The van der Waals surface area contributed by atoms with E-state index < -0.39 is 15.9 Å². The van der Waals surface area contributed by atoms with Gasteiger partial charge in [-0.05, 0) is 79.2 Å². The summed E-state index contributed by atoms with van der Waals surface area (Å²) in [5, 5.41) is 3.87. The number of anilines is 2. The molecule has 190 valence electrons. The number of amides is 1. The Labute approximate surface area is 224 Å². The molecule has 0 fully saturated rings. The molecule has 38 heavy (non-hydrogen) atoms. The second-order valence-corrected chi connectivity index (χ2v) is 10.7. The number of carbonyl (C=O) groups excluding carboxylic acids is 1. The van der Waals surface area contributed by atoms with Crippen molar-refractivity contribution in [2.75, 3.05) is 10.0 Å². The number of fused-ring (bicyclic) bond motifs is 1. The van der Waals surface area contributed by atoms with E-state index in [9.17, 15) is 17.6 Å². The molecule has 0 aliphatic rings. The molecule has 0 atom stereocenters. The third-order valence-corrected chi connectivity index (χ3v) is 7.56. The van der Waals surface area contributed by atoms with Crippen LogP contribution < -0.4 is 10.0 Å². The Kier molecular flexibility index (Phi) is 6.84. The van der Waals surface area contributed by atoms with Crippen LogP contribution in [0.1, 0.15) is 15.9 Å². The summed E-state index contributed by atoms with van der Waals surface area (Å²) in [6.07, 6.45) is 0. The maximum Gasteiger partial charge on any atom is 0.261 e. The van der Waals surface area contributed by atoms with Crippen molar-refractivity contribution < 1.29 is 17.6 Å². The highest BCUT2D eigenvalue weighted by Gasteiger charge is 2.19. The fourth-order valence-corrected chi connectivity index (χ4v) is 5.26. The Balaban J connectivity index is 1.50. The minimum Gasteiger partial charge on any atom is -0.322 e. The first-order valence-electron chi connectivity index (χ1n) is 11.6. The van der Waals surface area contributed by atoms with E-state index >= 15 is 0 Å². The summed E-state index contributed by atoms with van der Waals surface area (Å²) < 4.78 is 42.0. The van der Waals surface area contributed by atoms with Gasteiger partial charge in [-0.3, -0.25) is 9.52 Å². The molecule has 1 heterocycles. The van der Waals surface area contributed by atoms with E-state index in [1.54, 1.807) is 67.6 Å². The molecule has 0 radical (unpaired) electrons. The van der Waals surface area contributed by atoms with Crippen molar-refractivity contribution in [3.8, 4) is 11.3 Å². The number of pyridine rings is 1. The molecule has 0 aliphatic heterocycles. The van der Waals surface area contributed by atoms with E-state index in [2.05, 4.69) is 15.0 Å². The van der Waals surface area contributed by atoms with Crippen LogP contribution in [0.2, 0.25) is 5.02 Å². The Hall–Kier alpha value is -4.27. The van der Waals surface area contributed by atoms with Gasteiger partial charge in [0.05, 0.1) is 27.4 Å². The average molecular weight is 546 g/mol. The van der Waals surface area contributed by atoms with Crippen LogP contribution in [-0.4, -0.2) is 19.3 Å². The SMILES string of the molecule is Cc1ccc(S(=O)(=O)Nc2cccc(Cl)c2)cc1NC(=O)c1cc(-c2ccc(F)cc2)nc2ccccc12. The third-order valence-electron chi connectivity index (χ3n) is 5.95. The molecule has 9 heteroatoms. The number of aryl methyl sites for hydroxylation is 1. The summed E-state index contributed by atoms with van der Waals surface area (Å²) in [5.74, 6) is -0.810. The standard InChI is InChI=1S/C29H21ClFN3O3S/c1-18-9-14-23(38(36,37)34-22-6-4-5-20(30)15-22)16-27(18)33-29(35)25-17-28(19-10-12-21(31)13-11-19)32-26-8-3-2-7-24(25)26/h2-17,34H,1H3,(H,33,35). The molecule has 0 bridgehead atoms. The van der Waals surface area contributed by atoms with Gasteiger partial charge in [0.25, 0.3) is 15.9 Å². The molecule has 0 saturated carbocycles. The van der Waals surface area contributed by atoms with E-state index in [1.807, 2.05) is 6.07 Å². The summed E-state index contributed by atoms with van der Waals surface area (Å²) in [6, 6.07) is 25.6. The van der Waals surface area contributed by atoms with E-state index in [0.717, 1.165) is 0 Å². The number of para-hydroxylation sites is 1. The van der Waals surface area contributed by atoms with Crippen LogP contribution in [0.15, 0.2) is 102 Å². The van der Waals surface area contributed by atoms with Gasteiger partial charge in [-0.1, -0.05) is 41.9 Å². The minimum absolute atomic E-state index is 0.0232. The molecular formula is C29H21ClFN3O3S. The van der Waals surface area contributed by atoms with Crippen LogP contribution in [0.4, 0.5) is 15.8 Å². The van der Waals surface area contributed by atoms with Crippen molar-refractivity contribution in [2.24, 2.45) is 0 Å². The molecule has 0 aliphatic carbocycles. The maximum atomic E-state index is 13.5. The van der Waals surface area contributed by atoms with E-state index in [4.69, 9.17) is 11.6 Å².